The van der Waals surface area contributed by atoms with Gasteiger partial charge in [-0.3, -0.25) is 4.98 Å². The van der Waals surface area contributed by atoms with Crippen molar-refractivity contribution in [1.29, 1.82) is 0 Å². The molecule has 2 rings (SSSR count). The molecule has 0 saturated carbocycles. The van der Waals surface area contributed by atoms with E-state index in [9.17, 15) is 0 Å². The Morgan fingerprint density at radius 3 is 3.27 bits per heavy atom. The SMILES string of the molecule is CSc1c[nH]c2ccncc12. The molecule has 0 fully saturated rings. The first-order valence-electron chi connectivity index (χ1n) is 3.37. The van der Waals surface area contributed by atoms with E-state index >= 15 is 0 Å². The van der Waals surface area contributed by atoms with Crippen LogP contribution in [0.2, 0.25) is 0 Å². The number of nitrogens with zero attached hydrogens (tertiary/aromatic N) is 1. The lowest BCUT2D eigenvalue weighted by molar-refractivity contribution is 1.35. The van der Waals surface area contributed by atoms with E-state index in [1.165, 1.54) is 10.3 Å². The number of thioether (sulfide) groups is 1. The van der Waals surface area contributed by atoms with E-state index in [4.69, 9.17) is 0 Å². The fourth-order valence-electron chi connectivity index (χ4n) is 1.11. The van der Waals surface area contributed by atoms with E-state index < -0.39 is 0 Å². The lowest BCUT2D eigenvalue weighted by Crippen LogP contribution is -1.70. The Balaban J connectivity index is 2.76. The van der Waals surface area contributed by atoms with Gasteiger partial charge in [-0.15, -0.1) is 11.8 Å². The number of H-pyrrole nitrogens is 1. The van der Waals surface area contributed by atoms with Crippen LogP contribution < -0.4 is 0 Å². The number of pyridine rings is 1. The molecule has 0 aliphatic carbocycles. The molecule has 0 aliphatic rings. The first-order chi connectivity index (χ1) is 5.42. The van der Waals surface area contributed by atoms with Gasteiger partial charge in [0.25, 0.3) is 0 Å². The minimum atomic E-state index is 1.16. The minimum Gasteiger partial charge on any atom is -0.360 e. The molecule has 2 aromatic heterocycles. The molecular weight excluding hydrogens is 156 g/mol. The summed E-state index contributed by atoms with van der Waals surface area (Å²) in [5.41, 5.74) is 1.16. The van der Waals surface area contributed by atoms with Crippen LogP contribution in [0.5, 0.6) is 0 Å². The van der Waals surface area contributed by atoms with E-state index in [2.05, 4.69) is 16.2 Å². The number of rotatable bonds is 1. The number of hydrogen-bond acceptors (Lipinski definition) is 2. The van der Waals surface area contributed by atoms with Crippen LogP contribution in [0.1, 0.15) is 0 Å². The summed E-state index contributed by atoms with van der Waals surface area (Å²) in [4.78, 5) is 8.50. The first-order valence-corrected chi connectivity index (χ1v) is 4.59. The third-order valence-electron chi connectivity index (χ3n) is 1.67. The van der Waals surface area contributed by atoms with Crippen LogP contribution in [0.3, 0.4) is 0 Å². The lowest BCUT2D eigenvalue weighted by Gasteiger charge is -1.89. The van der Waals surface area contributed by atoms with E-state index in [0.29, 0.717) is 0 Å². The quantitative estimate of drug-likeness (QED) is 0.655. The van der Waals surface area contributed by atoms with Crippen molar-refractivity contribution in [2.24, 2.45) is 0 Å². The van der Waals surface area contributed by atoms with Crippen molar-refractivity contribution in [2.45, 2.75) is 4.90 Å². The van der Waals surface area contributed by atoms with Gasteiger partial charge in [-0.25, -0.2) is 0 Å². The lowest BCUT2D eigenvalue weighted by atomic mass is 10.3. The molecule has 1 N–H and O–H groups in total. The molecule has 0 bridgehead atoms. The molecule has 0 spiro atoms. The summed E-state index contributed by atoms with van der Waals surface area (Å²) in [6, 6.07) is 1.98. The van der Waals surface area contributed by atoms with Crippen LogP contribution in [0.15, 0.2) is 29.6 Å². The molecule has 0 radical (unpaired) electrons. The summed E-state index contributed by atoms with van der Waals surface area (Å²) >= 11 is 1.73. The van der Waals surface area contributed by atoms with Gasteiger partial charge in [-0.1, -0.05) is 0 Å². The molecule has 2 aromatic rings. The zero-order valence-corrected chi connectivity index (χ0v) is 6.98. The van der Waals surface area contributed by atoms with Gasteiger partial charge in [-0.2, -0.15) is 0 Å². The van der Waals surface area contributed by atoms with Crippen LogP contribution in [-0.2, 0) is 0 Å². The smallest absolute Gasteiger partial charge is 0.0496 e. The molecule has 11 heavy (non-hydrogen) atoms. The van der Waals surface area contributed by atoms with Crippen molar-refractivity contribution < 1.29 is 0 Å². The fourth-order valence-corrected chi connectivity index (χ4v) is 1.67. The van der Waals surface area contributed by atoms with Gasteiger partial charge in [0.1, 0.15) is 0 Å². The van der Waals surface area contributed by atoms with Gasteiger partial charge in [0.05, 0.1) is 0 Å². The Bertz CT molecular complexity index is 367. The van der Waals surface area contributed by atoms with E-state index in [1.54, 1.807) is 18.0 Å². The third kappa shape index (κ3) is 1.01. The molecular formula is C8H8N2S. The molecule has 0 aromatic carbocycles. The van der Waals surface area contributed by atoms with Gasteiger partial charge in [0, 0.05) is 34.4 Å². The molecule has 2 nitrogen and oxygen atoms in total. The highest BCUT2D eigenvalue weighted by Crippen LogP contribution is 2.24. The summed E-state index contributed by atoms with van der Waals surface area (Å²) in [5, 5.41) is 1.21. The van der Waals surface area contributed by atoms with E-state index in [1.807, 2.05) is 18.5 Å². The maximum atomic E-state index is 4.06. The van der Waals surface area contributed by atoms with Gasteiger partial charge >= 0.3 is 0 Å². The Kier molecular flexibility index (Phi) is 1.58. The van der Waals surface area contributed by atoms with E-state index in [-0.39, 0.29) is 0 Å². The average molecular weight is 164 g/mol. The van der Waals surface area contributed by atoms with Gasteiger partial charge < -0.3 is 4.98 Å². The zero-order valence-electron chi connectivity index (χ0n) is 6.16. The normalized spacial score (nSPS) is 10.6. The summed E-state index contributed by atoms with van der Waals surface area (Å²) < 4.78 is 0. The first kappa shape index (κ1) is 6.73. The van der Waals surface area contributed by atoms with Crippen LogP contribution in [0.25, 0.3) is 10.9 Å². The third-order valence-corrected chi connectivity index (χ3v) is 2.44. The number of aromatic nitrogens is 2. The van der Waals surface area contributed by atoms with E-state index in [0.717, 1.165) is 5.52 Å². The highest BCUT2D eigenvalue weighted by Gasteiger charge is 1.99. The van der Waals surface area contributed by atoms with Crippen molar-refractivity contribution in [3.63, 3.8) is 0 Å². The second-order valence-corrected chi connectivity index (χ2v) is 3.13. The van der Waals surface area contributed by atoms with Crippen LogP contribution >= 0.6 is 11.8 Å². The van der Waals surface area contributed by atoms with Gasteiger partial charge in [0.2, 0.25) is 0 Å². The molecule has 0 saturated heterocycles. The predicted molar refractivity (Wildman–Crippen MR) is 47.9 cm³/mol. The molecule has 0 atom stereocenters. The van der Waals surface area contributed by atoms with Crippen LogP contribution in [-0.4, -0.2) is 16.2 Å². The Labute approximate surface area is 69.0 Å². The molecule has 0 unspecified atom stereocenters. The number of nitrogens with one attached hydrogen (secondary N) is 1. The van der Waals surface area contributed by atoms with Crippen molar-refractivity contribution in [3.05, 3.63) is 24.7 Å². The zero-order chi connectivity index (χ0) is 7.68. The summed E-state index contributed by atoms with van der Waals surface area (Å²) in [5.74, 6) is 0. The average Bonchev–Trinajstić information content (AvgIpc) is 2.47. The largest absolute Gasteiger partial charge is 0.360 e. The maximum Gasteiger partial charge on any atom is 0.0496 e. The molecule has 0 amide bonds. The summed E-state index contributed by atoms with van der Waals surface area (Å²) in [7, 11) is 0. The standard InChI is InChI=1S/C8H8N2S/c1-11-8-5-10-7-2-3-9-4-6(7)8/h2-5,10H,1H3. The molecule has 3 heteroatoms. The number of aromatic amines is 1. The maximum absolute atomic E-state index is 4.06. The fraction of sp³-hybridized carbons (Fsp3) is 0.125. The topological polar surface area (TPSA) is 28.7 Å². The molecule has 56 valence electrons. The Morgan fingerprint density at radius 1 is 1.55 bits per heavy atom. The number of hydrogen-bond donors (Lipinski definition) is 1. The highest BCUT2D eigenvalue weighted by molar-refractivity contribution is 7.98. The highest BCUT2D eigenvalue weighted by atomic mass is 32.2. The van der Waals surface area contributed by atoms with Gasteiger partial charge in [0.15, 0.2) is 0 Å². The van der Waals surface area contributed by atoms with Crippen LogP contribution in [0.4, 0.5) is 0 Å². The van der Waals surface area contributed by atoms with Crippen molar-refractivity contribution >= 4 is 22.7 Å². The second kappa shape index (κ2) is 2.58. The molecule has 0 aliphatic heterocycles. The van der Waals surface area contributed by atoms with Crippen LogP contribution in [0, 0.1) is 0 Å². The predicted octanol–water partition coefficient (Wildman–Crippen LogP) is 2.28. The van der Waals surface area contributed by atoms with Gasteiger partial charge in [-0.05, 0) is 12.3 Å². The summed E-state index contributed by atoms with van der Waals surface area (Å²) in [6.07, 6.45) is 7.76. The van der Waals surface area contributed by atoms with Crippen molar-refractivity contribution in [3.8, 4) is 0 Å². The Hall–Kier alpha value is -0.960. The number of fused-ring (bicyclic) bond motifs is 1. The second-order valence-electron chi connectivity index (χ2n) is 2.28. The minimum absolute atomic E-state index is 1.16. The van der Waals surface area contributed by atoms with Crippen molar-refractivity contribution in [2.75, 3.05) is 6.26 Å². The summed E-state index contributed by atoms with van der Waals surface area (Å²) in [6.45, 7) is 0. The molecule has 2 heterocycles. The van der Waals surface area contributed by atoms with Crippen molar-refractivity contribution in [1.82, 2.24) is 9.97 Å². The Morgan fingerprint density at radius 2 is 2.45 bits per heavy atom. The monoisotopic (exact) mass is 164 g/mol.